The number of piperidine rings is 1. The van der Waals surface area contributed by atoms with Crippen LogP contribution in [-0.2, 0) is 6.42 Å². The maximum Gasteiger partial charge on any atom is 0.167 e. The van der Waals surface area contributed by atoms with Gasteiger partial charge in [0.15, 0.2) is 5.82 Å². The van der Waals surface area contributed by atoms with Crippen molar-refractivity contribution in [3.8, 4) is 0 Å². The first-order valence-electron chi connectivity index (χ1n) is 6.81. The monoisotopic (exact) mass is 354 g/mol. The molecule has 0 spiro atoms. The summed E-state index contributed by atoms with van der Waals surface area (Å²) < 4.78 is 0.908. The molecule has 1 aliphatic rings. The van der Waals surface area contributed by atoms with Gasteiger partial charge in [-0.25, -0.2) is 4.98 Å². The van der Waals surface area contributed by atoms with E-state index in [2.05, 4.69) is 36.4 Å². The molecule has 1 aliphatic heterocycles. The van der Waals surface area contributed by atoms with Crippen LogP contribution in [0.2, 0.25) is 5.02 Å². The summed E-state index contributed by atoms with van der Waals surface area (Å²) in [6.07, 6.45) is 4.33. The van der Waals surface area contributed by atoms with Crippen LogP contribution in [0, 0.1) is 0 Å². The summed E-state index contributed by atoms with van der Waals surface area (Å²) in [6, 6.07) is 6.21. The fraction of sp³-hybridized carbons (Fsp3) is 0.429. The minimum absolute atomic E-state index is 0.297. The van der Waals surface area contributed by atoms with Gasteiger partial charge in [0, 0.05) is 10.9 Å². The Morgan fingerprint density at radius 1 is 1.35 bits per heavy atom. The van der Waals surface area contributed by atoms with Crippen LogP contribution in [0.3, 0.4) is 0 Å². The molecule has 1 aromatic carbocycles. The van der Waals surface area contributed by atoms with Gasteiger partial charge in [-0.1, -0.05) is 24.1 Å². The lowest BCUT2D eigenvalue weighted by Gasteiger charge is -2.20. The van der Waals surface area contributed by atoms with Crippen LogP contribution in [-0.4, -0.2) is 21.7 Å². The lowest BCUT2D eigenvalue weighted by Crippen LogP contribution is -2.27. The van der Waals surface area contributed by atoms with E-state index in [1.807, 2.05) is 18.2 Å². The number of aromatic amines is 1. The van der Waals surface area contributed by atoms with Gasteiger partial charge in [-0.15, -0.1) is 0 Å². The number of rotatable bonds is 3. The van der Waals surface area contributed by atoms with Gasteiger partial charge in [-0.3, -0.25) is 5.10 Å². The number of hydrogen-bond acceptors (Lipinski definition) is 3. The predicted molar refractivity (Wildman–Crippen MR) is 82.9 cm³/mol. The first-order valence-corrected chi connectivity index (χ1v) is 7.98. The highest BCUT2D eigenvalue weighted by molar-refractivity contribution is 9.10. The molecule has 1 unspecified atom stereocenters. The number of nitrogens with zero attached hydrogens (tertiary/aromatic N) is 2. The van der Waals surface area contributed by atoms with E-state index >= 15 is 0 Å². The van der Waals surface area contributed by atoms with Gasteiger partial charge in [0.2, 0.25) is 0 Å². The lowest BCUT2D eigenvalue weighted by molar-refractivity contribution is 0.398. The molecule has 2 N–H and O–H groups in total. The van der Waals surface area contributed by atoms with Gasteiger partial charge in [0.25, 0.3) is 0 Å². The maximum absolute atomic E-state index is 6.00. The second-order valence-electron chi connectivity index (χ2n) is 5.07. The minimum Gasteiger partial charge on any atom is -0.307 e. The highest BCUT2D eigenvalue weighted by Crippen LogP contribution is 2.24. The van der Waals surface area contributed by atoms with Crippen molar-refractivity contribution in [2.24, 2.45) is 0 Å². The summed E-state index contributed by atoms with van der Waals surface area (Å²) >= 11 is 9.44. The topological polar surface area (TPSA) is 53.6 Å². The Morgan fingerprint density at radius 2 is 2.25 bits per heavy atom. The van der Waals surface area contributed by atoms with Crippen molar-refractivity contribution < 1.29 is 0 Å². The van der Waals surface area contributed by atoms with Crippen LogP contribution in [0.4, 0.5) is 0 Å². The number of H-pyrrole nitrogens is 1. The van der Waals surface area contributed by atoms with Crippen LogP contribution in [0.1, 0.15) is 42.5 Å². The zero-order valence-corrected chi connectivity index (χ0v) is 13.3. The third-order valence-corrected chi connectivity index (χ3v) is 4.74. The summed E-state index contributed by atoms with van der Waals surface area (Å²) in [7, 11) is 0. The molecule has 20 heavy (non-hydrogen) atoms. The first kappa shape index (κ1) is 14.0. The van der Waals surface area contributed by atoms with E-state index < -0.39 is 0 Å². The van der Waals surface area contributed by atoms with E-state index in [1.54, 1.807) is 0 Å². The molecule has 0 amide bonds. The fourth-order valence-electron chi connectivity index (χ4n) is 2.46. The van der Waals surface area contributed by atoms with Gasteiger partial charge < -0.3 is 5.32 Å². The number of nitrogens with one attached hydrogen (secondary N) is 2. The second-order valence-corrected chi connectivity index (χ2v) is 6.33. The average Bonchev–Trinajstić information content (AvgIpc) is 2.92. The Balaban J connectivity index is 1.71. The number of halogens is 2. The summed E-state index contributed by atoms with van der Waals surface area (Å²) in [6.45, 7) is 1.05. The molecule has 0 aliphatic carbocycles. The molecule has 1 atom stereocenters. The Morgan fingerprint density at radius 3 is 3.00 bits per heavy atom. The largest absolute Gasteiger partial charge is 0.307 e. The van der Waals surface area contributed by atoms with E-state index in [9.17, 15) is 0 Å². The van der Waals surface area contributed by atoms with E-state index in [1.165, 1.54) is 12.8 Å². The average molecular weight is 356 g/mol. The van der Waals surface area contributed by atoms with E-state index in [0.717, 1.165) is 46.1 Å². The first-order chi connectivity index (χ1) is 9.72. The molecule has 0 saturated carbocycles. The van der Waals surface area contributed by atoms with Crippen LogP contribution < -0.4 is 5.32 Å². The Bertz CT molecular complexity index is 593. The standard InChI is InChI=1S/C14H16BrClN4/c15-10-7-9(4-5-11(10)16)8-13-18-14(20-19-13)12-3-1-2-6-17-12/h4-5,7,12,17H,1-3,6,8H2,(H,18,19,20). The van der Waals surface area contributed by atoms with Gasteiger partial charge >= 0.3 is 0 Å². The van der Waals surface area contributed by atoms with Crippen LogP contribution >= 0.6 is 27.5 Å². The number of benzene rings is 1. The van der Waals surface area contributed by atoms with Crippen LogP contribution in [0.15, 0.2) is 22.7 Å². The van der Waals surface area contributed by atoms with Crippen LogP contribution in [0.5, 0.6) is 0 Å². The zero-order valence-electron chi connectivity index (χ0n) is 11.0. The van der Waals surface area contributed by atoms with Crippen molar-refractivity contribution in [3.63, 3.8) is 0 Å². The summed E-state index contributed by atoms with van der Waals surface area (Å²) in [4.78, 5) is 4.60. The zero-order chi connectivity index (χ0) is 13.9. The van der Waals surface area contributed by atoms with Crippen molar-refractivity contribution in [2.45, 2.75) is 31.7 Å². The fourth-order valence-corrected chi connectivity index (χ4v) is 3.00. The van der Waals surface area contributed by atoms with Gasteiger partial charge in [0.05, 0.1) is 11.1 Å². The number of aromatic nitrogens is 3. The van der Waals surface area contributed by atoms with Crippen molar-refractivity contribution in [3.05, 3.63) is 44.9 Å². The SMILES string of the molecule is Clc1ccc(Cc2nc(C3CCCCN3)n[nH]2)cc1Br. The molecule has 1 saturated heterocycles. The van der Waals surface area contributed by atoms with Gasteiger partial charge in [-0.05, 0) is 53.0 Å². The molecular weight excluding hydrogens is 340 g/mol. The second kappa shape index (κ2) is 6.24. The van der Waals surface area contributed by atoms with E-state index in [4.69, 9.17) is 11.6 Å². The molecule has 6 heteroatoms. The van der Waals surface area contributed by atoms with Crippen LogP contribution in [0.25, 0.3) is 0 Å². The normalized spacial score (nSPS) is 19.2. The van der Waals surface area contributed by atoms with Crippen molar-refractivity contribution in [1.82, 2.24) is 20.5 Å². The van der Waals surface area contributed by atoms with Crippen molar-refractivity contribution in [2.75, 3.05) is 6.54 Å². The smallest absolute Gasteiger partial charge is 0.167 e. The third kappa shape index (κ3) is 3.22. The molecule has 2 heterocycles. The molecule has 0 radical (unpaired) electrons. The van der Waals surface area contributed by atoms with E-state index in [0.29, 0.717) is 6.04 Å². The molecule has 1 fully saturated rings. The lowest BCUT2D eigenvalue weighted by atomic mass is 10.0. The molecule has 4 nitrogen and oxygen atoms in total. The predicted octanol–water partition coefficient (Wildman–Crippen LogP) is 3.63. The summed E-state index contributed by atoms with van der Waals surface area (Å²) in [5.41, 5.74) is 1.15. The highest BCUT2D eigenvalue weighted by atomic mass is 79.9. The van der Waals surface area contributed by atoms with Crippen molar-refractivity contribution >= 4 is 27.5 Å². The Labute approximate surface area is 131 Å². The molecule has 1 aromatic heterocycles. The third-order valence-electron chi connectivity index (χ3n) is 3.53. The minimum atomic E-state index is 0.297. The molecule has 0 bridgehead atoms. The molecular formula is C14H16BrClN4. The Kier molecular flexibility index (Phi) is 4.38. The Hall–Kier alpha value is -0.910. The maximum atomic E-state index is 6.00. The molecule has 3 rings (SSSR count). The van der Waals surface area contributed by atoms with Crippen molar-refractivity contribution in [1.29, 1.82) is 0 Å². The number of hydrogen-bond donors (Lipinski definition) is 2. The molecule has 2 aromatic rings. The molecule has 106 valence electrons. The van der Waals surface area contributed by atoms with Gasteiger partial charge in [-0.2, -0.15) is 5.10 Å². The van der Waals surface area contributed by atoms with E-state index in [-0.39, 0.29) is 0 Å². The summed E-state index contributed by atoms with van der Waals surface area (Å²) in [5, 5.41) is 11.6. The summed E-state index contributed by atoms with van der Waals surface area (Å²) in [5.74, 6) is 1.77. The van der Waals surface area contributed by atoms with Gasteiger partial charge in [0.1, 0.15) is 5.82 Å². The quantitative estimate of drug-likeness (QED) is 0.884. The highest BCUT2D eigenvalue weighted by Gasteiger charge is 2.18.